The Hall–Kier alpha value is -2.81. The highest BCUT2D eigenvalue weighted by Crippen LogP contribution is 2.29. The number of carbonyl (C=O) groups is 1. The first-order valence-electron chi connectivity index (χ1n) is 8.03. The lowest BCUT2D eigenvalue weighted by Crippen LogP contribution is -2.30. The molecule has 146 valence electrons. The first-order valence-corrected chi connectivity index (χ1v) is 9.68. The zero-order chi connectivity index (χ0) is 20.0. The van der Waals surface area contributed by atoms with Gasteiger partial charge in [0, 0.05) is 6.07 Å². The van der Waals surface area contributed by atoms with E-state index in [0.29, 0.717) is 17.2 Å². The second kappa shape index (κ2) is 8.72. The number of carbonyl (C=O) groups excluding carboxylic acids is 1. The van der Waals surface area contributed by atoms with E-state index in [9.17, 15) is 17.6 Å². The summed E-state index contributed by atoms with van der Waals surface area (Å²) in [6, 6.07) is 9.94. The fraction of sp³-hybridized carbons (Fsp3) is 0.278. The predicted molar refractivity (Wildman–Crippen MR) is 101 cm³/mol. The molecule has 2 aromatic rings. The molecule has 0 aliphatic heterocycles. The van der Waals surface area contributed by atoms with Gasteiger partial charge in [-0.3, -0.25) is 9.52 Å². The van der Waals surface area contributed by atoms with Crippen LogP contribution in [0.25, 0.3) is 0 Å². The number of anilines is 2. The Labute approximate surface area is 157 Å². The van der Waals surface area contributed by atoms with Gasteiger partial charge in [0.15, 0.2) is 0 Å². The molecule has 1 unspecified atom stereocenters. The highest BCUT2D eigenvalue weighted by molar-refractivity contribution is 7.92. The zero-order valence-corrected chi connectivity index (χ0v) is 16.0. The van der Waals surface area contributed by atoms with Crippen molar-refractivity contribution in [3.05, 3.63) is 48.3 Å². The number of hydrogen-bond acceptors (Lipinski definition) is 5. The van der Waals surface area contributed by atoms with Crippen LogP contribution in [0.5, 0.6) is 11.5 Å². The fourth-order valence-electron chi connectivity index (χ4n) is 2.35. The molecule has 2 N–H and O–H groups in total. The average molecular weight is 396 g/mol. The van der Waals surface area contributed by atoms with Crippen LogP contribution >= 0.6 is 0 Å². The molecular formula is C18H21FN2O5S. The van der Waals surface area contributed by atoms with Crippen LogP contribution in [0.4, 0.5) is 15.8 Å². The molecule has 0 bridgehead atoms. The summed E-state index contributed by atoms with van der Waals surface area (Å²) in [5.74, 6) is -1.48. The largest absolute Gasteiger partial charge is 0.497 e. The molecule has 0 heterocycles. The van der Waals surface area contributed by atoms with E-state index < -0.39 is 33.4 Å². The van der Waals surface area contributed by atoms with Gasteiger partial charge >= 0.3 is 0 Å². The van der Waals surface area contributed by atoms with Crippen molar-refractivity contribution >= 4 is 27.3 Å². The predicted octanol–water partition coefficient (Wildman–Crippen LogP) is 2.86. The van der Waals surface area contributed by atoms with E-state index in [0.717, 1.165) is 6.07 Å². The number of amides is 1. The second-order valence-electron chi connectivity index (χ2n) is 5.85. The monoisotopic (exact) mass is 396 g/mol. The summed E-state index contributed by atoms with van der Waals surface area (Å²) < 4.78 is 50.2. The second-order valence-corrected chi connectivity index (χ2v) is 7.62. The Bertz CT molecular complexity index is 918. The Kier molecular flexibility index (Phi) is 6.62. The molecule has 2 rings (SSSR count). The van der Waals surface area contributed by atoms with Crippen LogP contribution in [0.1, 0.15) is 6.92 Å². The van der Waals surface area contributed by atoms with Gasteiger partial charge in [0.1, 0.15) is 17.3 Å². The maximum Gasteiger partial charge on any atom is 0.233 e. The van der Waals surface area contributed by atoms with Crippen molar-refractivity contribution < 1.29 is 27.1 Å². The van der Waals surface area contributed by atoms with Crippen molar-refractivity contribution in [3.63, 3.8) is 0 Å². The summed E-state index contributed by atoms with van der Waals surface area (Å²) in [6.07, 6.45) is 0. The summed E-state index contributed by atoms with van der Waals surface area (Å²) in [7, 11) is -0.910. The first-order chi connectivity index (χ1) is 12.7. The minimum absolute atomic E-state index is 0.0945. The molecular weight excluding hydrogens is 375 g/mol. The maximum atomic E-state index is 13.2. The van der Waals surface area contributed by atoms with Crippen LogP contribution in [-0.2, 0) is 14.8 Å². The molecule has 0 aliphatic carbocycles. The molecule has 7 nitrogen and oxygen atoms in total. The van der Waals surface area contributed by atoms with Crippen molar-refractivity contribution in [1.82, 2.24) is 0 Å². The minimum atomic E-state index is -3.85. The topological polar surface area (TPSA) is 93.7 Å². The molecule has 0 fully saturated rings. The van der Waals surface area contributed by atoms with Crippen molar-refractivity contribution in [1.29, 1.82) is 0 Å². The average Bonchev–Trinajstić information content (AvgIpc) is 2.60. The Morgan fingerprint density at radius 2 is 1.89 bits per heavy atom. The van der Waals surface area contributed by atoms with Gasteiger partial charge in [0.25, 0.3) is 0 Å². The first kappa shape index (κ1) is 20.5. The number of methoxy groups -OCH3 is 2. The minimum Gasteiger partial charge on any atom is -0.497 e. The van der Waals surface area contributed by atoms with Crippen LogP contribution in [0.3, 0.4) is 0 Å². The van der Waals surface area contributed by atoms with Gasteiger partial charge in [-0.1, -0.05) is 13.0 Å². The molecule has 0 spiro atoms. The third kappa shape index (κ3) is 5.85. The van der Waals surface area contributed by atoms with Gasteiger partial charge in [-0.15, -0.1) is 0 Å². The van der Waals surface area contributed by atoms with E-state index in [1.165, 1.54) is 39.3 Å². The lowest BCUT2D eigenvalue weighted by molar-refractivity contribution is -0.118. The molecule has 2 aromatic carbocycles. The van der Waals surface area contributed by atoms with Gasteiger partial charge in [-0.2, -0.15) is 0 Å². The Balaban J connectivity index is 2.07. The van der Waals surface area contributed by atoms with Gasteiger partial charge in [0.05, 0.1) is 37.3 Å². The highest BCUT2D eigenvalue weighted by atomic mass is 32.2. The molecule has 0 saturated heterocycles. The van der Waals surface area contributed by atoms with E-state index in [1.54, 1.807) is 18.2 Å². The van der Waals surface area contributed by atoms with Crippen LogP contribution < -0.4 is 19.5 Å². The van der Waals surface area contributed by atoms with Crippen molar-refractivity contribution in [3.8, 4) is 11.5 Å². The molecule has 9 heteroatoms. The third-order valence-electron chi connectivity index (χ3n) is 3.68. The molecule has 27 heavy (non-hydrogen) atoms. The third-order valence-corrected chi connectivity index (χ3v) is 5.17. The summed E-state index contributed by atoms with van der Waals surface area (Å²) in [6.45, 7) is 1.48. The normalized spacial score (nSPS) is 12.1. The van der Waals surface area contributed by atoms with Gasteiger partial charge < -0.3 is 14.8 Å². The van der Waals surface area contributed by atoms with E-state index >= 15 is 0 Å². The van der Waals surface area contributed by atoms with Crippen LogP contribution in [-0.4, -0.2) is 34.3 Å². The number of ether oxygens (including phenoxy) is 2. The van der Waals surface area contributed by atoms with E-state index in [1.807, 2.05) is 0 Å². The zero-order valence-electron chi connectivity index (χ0n) is 15.2. The summed E-state index contributed by atoms with van der Waals surface area (Å²) in [5.41, 5.74) is 0.460. The van der Waals surface area contributed by atoms with Crippen molar-refractivity contribution in [2.24, 2.45) is 5.92 Å². The molecule has 1 amide bonds. The van der Waals surface area contributed by atoms with Crippen molar-refractivity contribution in [2.45, 2.75) is 6.92 Å². The van der Waals surface area contributed by atoms with Crippen LogP contribution in [0, 0.1) is 11.7 Å². The van der Waals surface area contributed by atoms with Gasteiger partial charge in [-0.05, 0) is 30.3 Å². The lowest BCUT2D eigenvalue weighted by atomic mass is 10.2. The van der Waals surface area contributed by atoms with Crippen LogP contribution in [0.2, 0.25) is 0 Å². The maximum absolute atomic E-state index is 13.2. The molecule has 0 aliphatic rings. The SMILES string of the molecule is COc1ccc(OC)c(NC(=O)C(C)CS(=O)(=O)Nc2cccc(F)c2)c1. The number of benzene rings is 2. The lowest BCUT2D eigenvalue weighted by Gasteiger charge is -2.16. The number of hydrogen-bond donors (Lipinski definition) is 2. The number of rotatable bonds is 8. The molecule has 0 aromatic heterocycles. The summed E-state index contributed by atoms with van der Waals surface area (Å²) in [4.78, 5) is 12.4. The quantitative estimate of drug-likeness (QED) is 0.716. The molecule has 0 saturated carbocycles. The number of nitrogens with one attached hydrogen (secondary N) is 2. The number of halogens is 1. The van der Waals surface area contributed by atoms with E-state index in [-0.39, 0.29) is 5.69 Å². The summed E-state index contributed by atoms with van der Waals surface area (Å²) >= 11 is 0. The van der Waals surface area contributed by atoms with Gasteiger partial charge in [-0.25, -0.2) is 12.8 Å². The van der Waals surface area contributed by atoms with Crippen LogP contribution in [0.15, 0.2) is 42.5 Å². The van der Waals surface area contributed by atoms with Gasteiger partial charge in [0.2, 0.25) is 15.9 Å². The van der Waals surface area contributed by atoms with Crippen molar-refractivity contribution in [2.75, 3.05) is 30.0 Å². The summed E-state index contributed by atoms with van der Waals surface area (Å²) in [5, 5.41) is 2.64. The highest BCUT2D eigenvalue weighted by Gasteiger charge is 2.23. The molecule has 1 atom stereocenters. The standard InChI is InChI=1S/C18H21FN2O5S/c1-12(11-27(23,24)21-14-6-4-5-13(19)9-14)18(22)20-16-10-15(25-2)7-8-17(16)26-3/h4-10,12,21H,11H2,1-3H3,(H,20,22). The Morgan fingerprint density at radius 3 is 2.52 bits per heavy atom. The molecule has 0 radical (unpaired) electrons. The van der Waals surface area contributed by atoms with E-state index in [4.69, 9.17) is 9.47 Å². The van der Waals surface area contributed by atoms with E-state index in [2.05, 4.69) is 10.0 Å². The number of sulfonamides is 1. The smallest absolute Gasteiger partial charge is 0.233 e. The Morgan fingerprint density at radius 1 is 1.15 bits per heavy atom. The fourth-order valence-corrected chi connectivity index (χ4v) is 3.72.